The molecular formula is C11H13BrClNO2. The molecule has 5 heteroatoms. The molecule has 0 saturated carbocycles. The van der Waals surface area contributed by atoms with Crippen LogP contribution < -0.4 is 5.32 Å². The summed E-state index contributed by atoms with van der Waals surface area (Å²) < 4.78 is 0.791. The van der Waals surface area contributed by atoms with E-state index in [9.17, 15) is 4.79 Å². The van der Waals surface area contributed by atoms with Crippen molar-refractivity contribution in [2.75, 3.05) is 6.61 Å². The van der Waals surface area contributed by atoms with Gasteiger partial charge in [-0.05, 0) is 24.6 Å². The summed E-state index contributed by atoms with van der Waals surface area (Å²) >= 11 is 9.19. The monoisotopic (exact) mass is 305 g/mol. The fourth-order valence-corrected chi connectivity index (χ4v) is 1.78. The summed E-state index contributed by atoms with van der Waals surface area (Å²) in [6, 6.07) is 4.84. The zero-order chi connectivity index (χ0) is 12.1. The predicted octanol–water partition coefficient (Wildman–Crippen LogP) is 2.60. The number of nitrogens with one attached hydrogen (secondary N) is 1. The van der Waals surface area contributed by atoms with Gasteiger partial charge in [0.05, 0.1) is 23.2 Å². The number of aliphatic hydroxyl groups excluding tert-OH is 1. The molecule has 1 amide bonds. The molecule has 1 aromatic carbocycles. The zero-order valence-corrected chi connectivity index (χ0v) is 11.2. The van der Waals surface area contributed by atoms with Gasteiger partial charge in [0.25, 0.3) is 5.91 Å². The highest BCUT2D eigenvalue weighted by atomic mass is 79.9. The fourth-order valence-electron chi connectivity index (χ4n) is 1.21. The summed E-state index contributed by atoms with van der Waals surface area (Å²) in [6.07, 6.45) is 0.674. The van der Waals surface area contributed by atoms with Crippen LogP contribution in [0, 0.1) is 0 Å². The number of hydrogen-bond donors (Lipinski definition) is 2. The van der Waals surface area contributed by atoms with Crippen molar-refractivity contribution in [3.63, 3.8) is 0 Å². The van der Waals surface area contributed by atoms with Crippen molar-refractivity contribution in [2.24, 2.45) is 0 Å². The Hall–Kier alpha value is -0.580. The van der Waals surface area contributed by atoms with Crippen molar-refractivity contribution >= 4 is 33.4 Å². The van der Waals surface area contributed by atoms with Crippen molar-refractivity contribution in [3.8, 4) is 0 Å². The molecule has 1 atom stereocenters. The molecule has 0 aromatic heterocycles. The molecule has 0 aliphatic heterocycles. The van der Waals surface area contributed by atoms with Crippen molar-refractivity contribution in [3.05, 3.63) is 33.3 Å². The van der Waals surface area contributed by atoms with Gasteiger partial charge in [-0.15, -0.1) is 0 Å². The van der Waals surface area contributed by atoms with Crippen LogP contribution >= 0.6 is 27.5 Å². The maximum absolute atomic E-state index is 11.8. The molecule has 16 heavy (non-hydrogen) atoms. The van der Waals surface area contributed by atoms with Crippen molar-refractivity contribution < 1.29 is 9.90 Å². The molecule has 0 aliphatic rings. The van der Waals surface area contributed by atoms with Crippen LogP contribution in [-0.2, 0) is 0 Å². The SMILES string of the molecule is CC[C@H](CO)NC(=O)c1cc(Br)ccc1Cl. The first kappa shape index (κ1) is 13.5. The smallest absolute Gasteiger partial charge is 0.253 e. The van der Waals surface area contributed by atoms with Crippen LogP contribution in [0.25, 0.3) is 0 Å². The number of carbonyl (C=O) groups excluding carboxylic acids is 1. The first-order chi connectivity index (χ1) is 7.58. The lowest BCUT2D eigenvalue weighted by atomic mass is 10.2. The number of hydrogen-bond acceptors (Lipinski definition) is 2. The van der Waals surface area contributed by atoms with Gasteiger partial charge in [-0.2, -0.15) is 0 Å². The second kappa shape index (κ2) is 6.23. The standard InChI is InChI=1S/C11H13BrClNO2/c1-2-8(6-15)14-11(16)9-5-7(12)3-4-10(9)13/h3-5,8,15H,2,6H2,1H3,(H,14,16)/t8-/m1/s1. The average molecular weight is 307 g/mol. The van der Waals surface area contributed by atoms with Gasteiger partial charge in [0.1, 0.15) is 0 Å². The molecule has 1 rings (SSSR count). The zero-order valence-electron chi connectivity index (χ0n) is 8.84. The van der Waals surface area contributed by atoms with Crippen LogP contribution in [0.15, 0.2) is 22.7 Å². The molecular weight excluding hydrogens is 293 g/mol. The highest BCUT2D eigenvalue weighted by Crippen LogP contribution is 2.20. The summed E-state index contributed by atoms with van der Waals surface area (Å²) in [4.78, 5) is 11.8. The minimum Gasteiger partial charge on any atom is -0.394 e. The Labute approximate surface area is 108 Å². The van der Waals surface area contributed by atoms with Crippen molar-refractivity contribution in [1.82, 2.24) is 5.32 Å². The summed E-state index contributed by atoms with van der Waals surface area (Å²) in [5.41, 5.74) is 0.406. The van der Waals surface area contributed by atoms with Crippen LogP contribution in [-0.4, -0.2) is 23.7 Å². The molecule has 0 radical (unpaired) electrons. The third-order valence-electron chi connectivity index (χ3n) is 2.22. The summed E-state index contributed by atoms with van der Waals surface area (Å²) in [5.74, 6) is -0.271. The second-order valence-electron chi connectivity index (χ2n) is 3.39. The normalized spacial score (nSPS) is 12.2. The first-order valence-electron chi connectivity index (χ1n) is 4.95. The third kappa shape index (κ3) is 3.47. The molecule has 1 aromatic rings. The van der Waals surface area contributed by atoms with Gasteiger partial charge in [-0.3, -0.25) is 4.79 Å². The molecule has 0 saturated heterocycles. The molecule has 0 bridgehead atoms. The largest absolute Gasteiger partial charge is 0.394 e. The topological polar surface area (TPSA) is 49.3 Å². The van der Waals surface area contributed by atoms with Gasteiger partial charge >= 0.3 is 0 Å². The van der Waals surface area contributed by atoms with E-state index in [2.05, 4.69) is 21.2 Å². The molecule has 0 unspecified atom stereocenters. The van der Waals surface area contributed by atoms with Crippen molar-refractivity contribution in [1.29, 1.82) is 0 Å². The van der Waals surface area contributed by atoms with E-state index in [0.717, 1.165) is 4.47 Å². The minimum absolute atomic E-state index is 0.0755. The quantitative estimate of drug-likeness (QED) is 0.898. The lowest BCUT2D eigenvalue weighted by Crippen LogP contribution is -2.37. The molecule has 0 fully saturated rings. The highest BCUT2D eigenvalue weighted by molar-refractivity contribution is 9.10. The molecule has 0 heterocycles. The third-order valence-corrected chi connectivity index (χ3v) is 3.04. The Morgan fingerprint density at radius 1 is 1.62 bits per heavy atom. The highest BCUT2D eigenvalue weighted by Gasteiger charge is 2.14. The Bertz CT molecular complexity index is 380. The lowest BCUT2D eigenvalue weighted by molar-refractivity contribution is 0.0915. The van der Waals surface area contributed by atoms with E-state index in [0.29, 0.717) is 17.0 Å². The first-order valence-corrected chi connectivity index (χ1v) is 6.12. The Morgan fingerprint density at radius 2 is 2.31 bits per heavy atom. The number of benzene rings is 1. The second-order valence-corrected chi connectivity index (χ2v) is 4.71. The molecule has 88 valence electrons. The van der Waals surface area contributed by atoms with Gasteiger partial charge in [0.2, 0.25) is 0 Å². The van der Waals surface area contributed by atoms with Crippen LogP contribution in [0.2, 0.25) is 5.02 Å². The molecule has 3 nitrogen and oxygen atoms in total. The Balaban J connectivity index is 2.83. The number of aliphatic hydroxyl groups is 1. The van der Waals surface area contributed by atoms with Crippen LogP contribution in [0.4, 0.5) is 0 Å². The van der Waals surface area contributed by atoms with Gasteiger partial charge in [0.15, 0.2) is 0 Å². The van der Waals surface area contributed by atoms with Gasteiger partial charge in [-0.25, -0.2) is 0 Å². The molecule has 2 N–H and O–H groups in total. The van der Waals surface area contributed by atoms with Crippen molar-refractivity contribution in [2.45, 2.75) is 19.4 Å². The lowest BCUT2D eigenvalue weighted by Gasteiger charge is -2.14. The number of rotatable bonds is 4. The van der Waals surface area contributed by atoms with E-state index in [1.54, 1.807) is 18.2 Å². The van der Waals surface area contributed by atoms with Crippen LogP contribution in [0.3, 0.4) is 0 Å². The average Bonchev–Trinajstić information content (AvgIpc) is 2.28. The van der Waals surface area contributed by atoms with E-state index in [4.69, 9.17) is 16.7 Å². The maximum Gasteiger partial charge on any atom is 0.253 e. The maximum atomic E-state index is 11.8. The Morgan fingerprint density at radius 3 is 2.88 bits per heavy atom. The molecule has 0 aliphatic carbocycles. The van der Waals surface area contributed by atoms with E-state index in [1.807, 2.05) is 6.92 Å². The van der Waals surface area contributed by atoms with Crippen LogP contribution in [0.1, 0.15) is 23.7 Å². The van der Waals surface area contributed by atoms with E-state index >= 15 is 0 Å². The van der Waals surface area contributed by atoms with E-state index in [1.165, 1.54) is 0 Å². The van der Waals surface area contributed by atoms with Crippen LogP contribution in [0.5, 0.6) is 0 Å². The summed E-state index contributed by atoms with van der Waals surface area (Å²) in [7, 11) is 0. The number of amides is 1. The predicted molar refractivity (Wildman–Crippen MR) is 67.8 cm³/mol. The summed E-state index contributed by atoms with van der Waals surface area (Å²) in [5, 5.41) is 12.1. The number of carbonyl (C=O) groups is 1. The summed E-state index contributed by atoms with van der Waals surface area (Å²) in [6.45, 7) is 1.82. The Kier molecular flexibility index (Phi) is 5.25. The number of halogens is 2. The van der Waals surface area contributed by atoms with Gasteiger partial charge in [0, 0.05) is 4.47 Å². The minimum atomic E-state index is -0.271. The van der Waals surface area contributed by atoms with Gasteiger partial charge in [-0.1, -0.05) is 34.5 Å². The van der Waals surface area contributed by atoms with Gasteiger partial charge < -0.3 is 10.4 Å². The molecule has 0 spiro atoms. The van der Waals surface area contributed by atoms with E-state index in [-0.39, 0.29) is 18.6 Å². The van der Waals surface area contributed by atoms with E-state index < -0.39 is 0 Å². The fraction of sp³-hybridized carbons (Fsp3) is 0.364.